The highest BCUT2D eigenvalue weighted by Gasteiger charge is 2.30. The van der Waals surface area contributed by atoms with Crippen LogP contribution in [0.15, 0.2) is 24.3 Å². The molecular weight excluding hydrogens is 228 g/mol. The van der Waals surface area contributed by atoms with Crippen LogP contribution in [-0.4, -0.2) is 18.4 Å². The second kappa shape index (κ2) is 5.34. The van der Waals surface area contributed by atoms with Gasteiger partial charge >= 0.3 is 5.97 Å². The summed E-state index contributed by atoms with van der Waals surface area (Å²) in [6, 6.07) is 7.34. The first-order valence-electron chi connectivity index (χ1n) is 6.44. The van der Waals surface area contributed by atoms with E-state index in [1.54, 1.807) is 13.8 Å². The Morgan fingerprint density at radius 2 is 2.11 bits per heavy atom. The van der Waals surface area contributed by atoms with Gasteiger partial charge in [-0.05, 0) is 38.3 Å². The first-order chi connectivity index (χ1) is 8.63. The van der Waals surface area contributed by atoms with Gasteiger partial charge in [-0.2, -0.15) is 0 Å². The Morgan fingerprint density at radius 3 is 2.72 bits per heavy atom. The van der Waals surface area contributed by atoms with Crippen molar-refractivity contribution in [2.45, 2.75) is 32.6 Å². The van der Waals surface area contributed by atoms with Crippen molar-refractivity contribution in [3.8, 4) is 0 Å². The van der Waals surface area contributed by atoms with E-state index in [0.29, 0.717) is 12.2 Å². The zero-order valence-corrected chi connectivity index (χ0v) is 10.8. The van der Waals surface area contributed by atoms with Gasteiger partial charge in [0, 0.05) is 11.5 Å². The van der Waals surface area contributed by atoms with E-state index < -0.39 is 0 Å². The SMILES string of the molecule is CCOC(=O)C(C)c1cccc(C(=O)C2CC2)c1. The Kier molecular flexibility index (Phi) is 3.80. The third-order valence-electron chi connectivity index (χ3n) is 3.26. The molecule has 1 aliphatic carbocycles. The highest BCUT2D eigenvalue weighted by atomic mass is 16.5. The maximum Gasteiger partial charge on any atom is 0.313 e. The molecule has 1 atom stereocenters. The normalized spacial score (nSPS) is 16.1. The van der Waals surface area contributed by atoms with E-state index >= 15 is 0 Å². The lowest BCUT2D eigenvalue weighted by Gasteiger charge is -2.11. The minimum absolute atomic E-state index is 0.202. The number of ketones is 1. The predicted molar refractivity (Wildman–Crippen MR) is 68.5 cm³/mol. The molecule has 2 rings (SSSR count). The van der Waals surface area contributed by atoms with Crippen molar-refractivity contribution in [2.75, 3.05) is 6.61 Å². The number of ether oxygens (including phenoxy) is 1. The van der Waals surface area contributed by atoms with Gasteiger partial charge in [-0.25, -0.2) is 0 Å². The molecule has 0 spiro atoms. The summed E-state index contributed by atoms with van der Waals surface area (Å²) >= 11 is 0. The topological polar surface area (TPSA) is 43.4 Å². The van der Waals surface area contributed by atoms with Crippen LogP contribution in [0.2, 0.25) is 0 Å². The molecule has 0 aliphatic heterocycles. The lowest BCUT2D eigenvalue weighted by molar-refractivity contribution is -0.144. The standard InChI is InChI=1S/C15H18O3/c1-3-18-15(17)10(2)12-5-4-6-13(9-12)14(16)11-7-8-11/h4-6,9-11H,3,7-8H2,1-2H3. The van der Waals surface area contributed by atoms with E-state index in [1.165, 1.54) is 0 Å². The van der Waals surface area contributed by atoms with Crippen molar-refractivity contribution in [2.24, 2.45) is 5.92 Å². The van der Waals surface area contributed by atoms with Crippen LogP contribution in [0.1, 0.15) is 48.5 Å². The lowest BCUT2D eigenvalue weighted by atomic mass is 9.97. The first kappa shape index (κ1) is 12.8. The zero-order valence-electron chi connectivity index (χ0n) is 10.8. The summed E-state index contributed by atoms with van der Waals surface area (Å²) in [6.07, 6.45) is 1.99. The molecule has 0 aromatic heterocycles. The van der Waals surface area contributed by atoms with Crippen LogP contribution >= 0.6 is 0 Å². The number of hydrogen-bond donors (Lipinski definition) is 0. The third kappa shape index (κ3) is 2.78. The molecule has 1 aromatic rings. The van der Waals surface area contributed by atoms with Crippen molar-refractivity contribution in [3.05, 3.63) is 35.4 Å². The maximum absolute atomic E-state index is 12.0. The lowest BCUT2D eigenvalue weighted by Crippen LogP contribution is -2.13. The highest BCUT2D eigenvalue weighted by Crippen LogP contribution is 2.33. The Hall–Kier alpha value is -1.64. The fourth-order valence-electron chi connectivity index (χ4n) is 1.95. The Bertz CT molecular complexity index is 461. The number of carbonyl (C=O) groups is 2. The van der Waals surface area contributed by atoms with Crippen molar-refractivity contribution in [1.29, 1.82) is 0 Å². The zero-order chi connectivity index (χ0) is 13.1. The van der Waals surface area contributed by atoms with Gasteiger partial charge in [0.15, 0.2) is 5.78 Å². The van der Waals surface area contributed by atoms with Crippen molar-refractivity contribution in [3.63, 3.8) is 0 Å². The quantitative estimate of drug-likeness (QED) is 0.592. The fraction of sp³-hybridized carbons (Fsp3) is 0.467. The number of Topliss-reactive ketones (excluding diaryl/α,β-unsaturated/α-hetero) is 1. The van der Waals surface area contributed by atoms with Gasteiger partial charge < -0.3 is 4.74 Å². The Balaban J connectivity index is 2.15. The molecule has 0 saturated heterocycles. The molecule has 1 aliphatic rings. The van der Waals surface area contributed by atoms with E-state index in [1.807, 2.05) is 24.3 Å². The molecule has 0 radical (unpaired) electrons. The molecule has 1 fully saturated rings. The van der Waals surface area contributed by atoms with Crippen molar-refractivity contribution in [1.82, 2.24) is 0 Å². The molecule has 1 aromatic carbocycles. The number of esters is 1. The summed E-state index contributed by atoms with van der Waals surface area (Å²) in [5, 5.41) is 0. The van der Waals surface area contributed by atoms with E-state index in [0.717, 1.165) is 18.4 Å². The number of hydrogen-bond acceptors (Lipinski definition) is 3. The number of carbonyl (C=O) groups excluding carboxylic acids is 2. The van der Waals surface area contributed by atoms with E-state index in [2.05, 4.69) is 0 Å². The predicted octanol–water partition coefficient (Wildman–Crippen LogP) is 2.95. The molecule has 3 heteroatoms. The molecule has 1 unspecified atom stereocenters. The summed E-state index contributed by atoms with van der Waals surface area (Å²) in [5.41, 5.74) is 1.56. The van der Waals surface area contributed by atoms with Crippen LogP contribution in [0, 0.1) is 5.92 Å². The molecule has 3 nitrogen and oxygen atoms in total. The molecule has 0 N–H and O–H groups in total. The van der Waals surface area contributed by atoms with Crippen LogP contribution in [0.25, 0.3) is 0 Å². The van der Waals surface area contributed by atoms with Gasteiger partial charge in [0.2, 0.25) is 0 Å². The van der Waals surface area contributed by atoms with Gasteiger partial charge in [0.05, 0.1) is 12.5 Å². The Labute approximate surface area is 107 Å². The van der Waals surface area contributed by atoms with Crippen LogP contribution in [0.4, 0.5) is 0 Å². The summed E-state index contributed by atoms with van der Waals surface area (Å²) in [4.78, 5) is 23.6. The summed E-state index contributed by atoms with van der Waals surface area (Å²) in [5.74, 6) is -0.156. The number of benzene rings is 1. The summed E-state index contributed by atoms with van der Waals surface area (Å²) in [7, 11) is 0. The maximum atomic E-state index is 12.0. The minimum atomic E-state index is -0.322. The van der Waals surface area contributed by atoms with Gasteiger partial charge in [-0.3, -0.25) is 9.59 Å². The highest BCUT2D eigenvalue weighted by molar-refractivity contribution is 5.99. The van der Waals surface area contributed by atoms with E-state index in [-0.39, 0.29) is 23.6 Å². The molecule has 0 bridgehead atoms. The second-order valence-corrected chi connectivity index (χ2v) is 4.74. The van der Waals surface area contributed by atoms with Crippen LogP contribution in [0.5, 0.6) is 0 Å². The van der Waals surface area contributed by atoms with Gasteiger partial charge in [-0.1, -0.05) is 18.2 Å². The average Bonchev–Trinajstić information content (AvgIpc) is 3.22. The van der Waals surface area contributed by atoms with Crippen molar-refractivity contribution >= 4 is 11.8 Å². The van der Waals surface area contributed by atoms with E-state index in [4.69, 9.17) is 4.74 Å². The second-order valence-electron chi connectivity index (χ2n) is 4.74. The molecule has 0 heterocycles. The number of rotatable bonds is 5. The van der Waals surface area contributed by atoms with Gasteiger partial charge in [0.25, 0.3) is 0 Å². The minimum Gasteiger partial charge on any atom is -0.466 e. The monoisotopic (exact) mass is 246 g/mol. The van der Waals surface area contributed by atoms with Crippen LogP contribution in [-0.2, 0) is 9.53 Å². The van der Waals surface area contributed by atoms with Crippen LogP contribution in [0.3, 0.4) is 0 Å². The first-order valence-corrected chi connectivity index (χ1v) is 6.44. The van der Waals surface area contributed by atoms with Crippen LogP contribution < -0.4 is 0 Å². The largest absolute Gasteiger partial charge is 0.466 e. The fourth-order valence-corrected chi connectivity index (χ4v) is 1.95. The van der Waals surface area contributed by atoms with Gasteiger partial charge in [-0.15, -0.1) is 0 Å². The summed E-state index contributed by atoms with van der Waals surface area (Å²) in [6.45, 7) is 3.97. The molecule has 18 heavy (non-hydrogen) atoms. The average molecular weight is 246 g/mol. The molecule has 96 valence electrons. The van der Waals surface area contributed by atoms with Gasteiger partial charge in [0.1, 0.15) is 0 Å². The molecule has 1 saturated carbocycles. The smallest absolute Gasteiger partial charge is 0.313 e. The Morgan fingerprint density at radius 1 is 1.39 bits per heavy atom. The summed E-state index contributed by atoms with van der Waals surface area (Å²) < 4.78 is 4.99. The van der Waals surface area contributed by atoms with E-state index in [9.17, 15) is 9.59 Å². The van der Waals surface area contributed by atoms with Crippen molar-refractivity contribution < 1.29 is 14.3 Å². The molecule has 0 amide bonds. The third-order valence-corrected chi connectivity index (χ3v) is 3.26. The molecular formula is C15H18O3.